The SMILES string of the molecule is CCC(C)(C)C(OO)c1ccc(C(C)=NOS(=O)(=O)c2c(F)c(F)c(F)c(F)c2F)cc1. The molecular weight excluding hydrogens is 461 g/mol. The van der Waals surface area contributed by atoms with E-state index in [1.807, 2.05) is 20.8 Å². The van der Waals surface area contributed by atoms with Crippen molar-refractivity contribution in [2.75, 3.05) is 0 Å². The minimum absolute atomic E-state index is 0.0831. The topological polar surface area (TPSA) is 85.2 Å². The van der Waals surface area contributed by atoms with E-state index >= 15 is 0 Å². The predicted molar refractivity (Wildman–Crippen MR) is 104 cm³/mol. The van der Waals surface area contributed by atoms with Gasteiger partial charge in [-0.15, -0.1) is 0 Å². The predicted octanol–water partition coefficient (Wildman–Crippen LogP) is 5.48. The molecule has 176 valence electrons. The minimum atomic E-state index is -5.47. The molecule has 0 fully saturated rings. The second-order valence-corrected chi connectivity index (χ2v) is 9.02. The summed E-state index contributed by atoms with van der Waals surface area (Å²) in [6, 6.07) is 6.12. The molecule has 0 aromatic heterocycles. The molecule has 0 amide bonds. The summed E-state index contributed by atoms with van der Waals surface area (Å²) >= 11 is 0. The van der Waals surface area contributed by atoms with E-state index in [0.717, 1.165) is 0 Å². The summed E-state index contributed by atoms with van der Waals surface area (Å²) in [5.74, 6) is -12.5. The Kier molecular flexibility index (Phi) is 7.63. The van der Waals surface area contributed by atoms with E-state index in [1.54, 1.807) is 12.1 Å². The molecule has 1 N–H and O–H groups in total. The van der Waals surface area contributed by atoms with Gasteiger partial charge in [-0.05, 0) is 29.9 Å². The first-order chi connectivity index (χ1) is 14.8. The molecule has 1 unspecified atom stereocenters. The molecule has 12 heteroatoms. The largest absolute Gasteiger partial charge is 0.364 e. The zero-order valence-corrected chi connectivity index (χ0v) is 18.2. The van der Waals surface area contributed by atoms with Crippen molar-refractivity contribution < 1.29 is 44.8 Å². The van der Waals surface area contributed by atoms with Crippen molar-refractivity contribution in [3.63, 3.8) is 0 Å². The van der Waals surface area contributed by atoms with Gasteiger partial charge in [-0.1, -0.05) is 50.2 Å². The molecule has 2 aromatic rings. The van der Waals surface area contributed by atoms with E-state index in [1.165, 1.54) is 19.1 Å². The maximum absolute atomic E-state index is 13.8. The highest BCUT2D eigenvalue weighted by molar-refractivity contribution is 7.86. The highest BCUT2D eigenvalue weighted by atomic mass is 32.2. The summed E-state index contributed by atoms with van der Waals surface area (Å²) in [5.41, 5.74) is 0.420. The molecule has 0 saturated heterocycles. The normalized spacial score (nSPS) is 13.9. The number of benzene rings is 2. The Hall–Kier alpha value is -2.57. The first-order valence-corrected chi connectivity index (χ1v) is 10.6. The molecule has 0 spiro atoms. The quantitative estimate of drug-likeness (QED) is 0.135. The first-order valence-electron chi connectivity index (χ1n) is 9.18. The van der Waals surface area contributed by atoms with Gasteiger partial charge in [-0.2, -0.15) is 8.42 Å². The van der Waals surface area contributed by atoms with E-state index in [4.69, 9.17) is 0 Å². The van der Waals surface area contributed by atoms with Crippen LogP contribution in [0.15, 0.2) is 34.3 Å². The highest BCUT2D eigenvalue weighted by Crippen LogP contribution is 2.38. The summed E-state index contributed by atoms with van der Waals surface area (Å²) in [7, 11) is -5.47. The molecule has 0 saturated carbocycles. The van der Waals surface area contributed by atoms with Gasteiger partial charge < -0.3 is 0 Å². The van der Waals surface area contributed by atoms with Crippen molar-refractivity contribution in [2.45, 2.75) is 45.1 Å². The lowest BCUT2D eigenvalue weighted by atomic mass is 9.80. The molecular formula is C20H20F5NO5S. The van der Waals surface area contributed by atoms with Crippen molar-refractivity contribution in [1.82, 2.24) is 0 Å². The Labute approximate surface area is 181 Å². The lowest BCUT2D eigenvalue weighted by Gasteiger charge is -2.31. The molecule has 2 rings (SSSR count). The summed E-state index contributed by atoms with van der Waals surface area (Å²) in [6.45, 7) is 6.97. The van der Waals surface area contributed by atoms with Crippen molar-refractivity contribution in [3.05, 3.63) is 64.5 Å². The van der Waals surface area contributed by atoms with Gasteiger partial charge in [-0.3, -0.25) is 9.54 Å². The average Bonchev–Trinajstić information content (AvgIpc) is 2.75. The molecule has 6 nitrogen and oxygen atoms in total. The van der Waals surface area contributed by atoms with Gasteiger partial charge in [0, 0.05) is 0 Å². The second-order valence-electron chi connectivity index (χ2n) is 7.55. The van der Waals surface area contributed by atoms with Crippen LogP contribution < -0.4 is 0 Å². The maximum atomic E-state index is 13.8. The van der Waals surface area contributed by atoms with Crippen LogP contribution >= 0.6 is 0 Å². The smallest absolute Gasteiger partial charge is 0.264 e. The number of halogens is 5. The summed E-state index contributed by atoms with van der Waals surface area (Å²) in [5, 5.41) is 12.5. The van der Waals surface area contributed by atoms with Gasteiger partial charge in [0.15, 0.2) is 28.2 Å². The molecule has 2 aromatic carbocycles. The van der Waals surface area contributed by atoms with E-state index in [9.17, 15) is 35.6 Å². The van der Waals surface area contributed by atoms with Gasteiger partial charge in [0.1, 0.15) is 6.10 Å². The first kappa shape index (κ1) is 25.7. The van der Waals surface area contributed by atoms with E-state index in [-0.39, 0.29) is 5.71 Å². The number of hydrogen-bond acceptors (Lipinski definition) is 6. The molecule has 1 atom stereocenters. The van der Waals surface area contributed by atoms with E-state index in [2.05, 4.69) is 14.3 Å². The van der Waals surface area contributed by atoms with Crippen molar-refractivity contribution in [1.29, 1.82) is 0 Å². The van der Waals surface area contributed by atoms with Gasteiger partial charge in [0.25, 0.3) is 0 Å². The lowest BCUT2D eigenvalue weighted by molar-refractivity contribution is -0.305. The van der Waals surface area contributed by atoms with Crippen LogP contribution in [-0.4, -0.2) is 19.4 Å². The van der Waals surface area contributed by atoms with Crippen molar-refractivity contribution in [2.24, 2.45) is 10.6 Å². The molecule has 0 bridgehead atoms. The van der Waals surface area contributed by atoms with Gasteiger partial charge >= 0.3 is 10.1 Å². The van der Waals surface area contributed by atoms with Gasteiger partial charge in [-0.25, -0.2) is 26.8 Å². The average molecular weight is 481 g/mol. The Morgan fingerprint density at radius 2 is 1.47 bits per heavy atom. The van der Waals surface area contributed by atoms with E-state index < -0.39 is 55.6 Å². The van der Waals surface area contributed by atoms with Crippen LogP contribution in [0.1, 0.15) is 51.3 Å². The van der Waals surface area contributed by atoms with Crippen molar-refractivity contribution in [3.8, 4) is 0 Å². The van der Waals surface area contributed by atoms with Crippen LogP contribution in [0.25, 0.3) is 0 Å². The van der Waals surface area contributed by atoms with Crippen LogP contribution in [0, 0.1) is 34.5 Å². The van der Waals surface area contributed by atoms with Gasteiger partial charge in [0.2, 0.25) is 5.82 Å². The third kappa shape index (κ3) is 4.92. The lowest BCUT2D eigenvalue weighted by Crippen LogP contribution is -2.23. The fourth-order valence-corrected chi connectivity index (χ4v) is 3.64. The van der Waals surface area contributed by atoms with Crippen molar-refractivity contribution >= 4 is 15.8 Å². The number of nitrogens with zero attached hydrogens (tertiary/aromatic N) is 1. The third-order valence-corrected chi connectivity index (χ3v) is 6.18. The second kappa shape index (κ2) is 9.51. The molecule has 0 aliphatic rings. The molecule has 0 aliphatic carbocycles. The minimum Gasteiger partial charge on any atom is -0.264 e. The third-order valence-electron chi connectivity index (χ3n) is 5.05. The molecule has 0 radical (unpaired) electrons. The van der Waals surface area contributed by atoms with Crippen LogP contribution in [-0.2, 0) is 19.3 Å². The van der Waals surface area contributed by atoms with Crippen LogP contribution in [0.4, 0.5) is 22.0 Å². The fourth-order valence-electron chi connectivity index (χ4n) is 2.74. The zero-order chi connectivity index (χ0) is 24.4. The molecule has 0 heterocycles. The van der Waals surface area contributed by atoms with Gasteiger partial charge in [0.05, 0.1) is 5.71 Å². The van der Waals surface area contributed by atoms with Crippen LogP contribution in [0.5, 0.6) is 0 Å². The standard InChI is InChI=1S/C20H20F5NO5S/c1-5-20(3,4)19(30-27)12-8-6-11(7-9-12)10(2)26-31-32(28,29)18-16(24)14(22)13(21)15(23)17(18)25/h6-9,19,27H,5H2,1-4H3. The number of hydrogen-bond donors (Lipinski definition) is 1. The maximum Gasteiger partial charge on any atom is 0.364 e. The monoisotopic (exact) mass is 481 g/mol. The fraction of sp³-hybridized carbons (Fsp3) is 0.350. The molecule has 32 heavy (non-hydrogen) atoms. The van der Waals surface area contributed by atoms with Crippen LogP contribution in [0.2, 0.25) is 0 Å². The summed E-state index contributed by atoms with van der Waals surface area (Å²) in [4.78, 5) is 2.44. The Morgan fingerprint density at radius 3 is 1.91 bits per heavy atom. The molecule has 0 aliphatic heterocycles. The van der Waals surface area contributed by atoms with Crippen LogP contribution in [0.3, 0.4) is 0 Å². The van der Waals surface area contributed by atoms with E-state index in [0.29, 0.717) is 17.5 Å². The number of rotatable bonds is 8. The zero-order valence-electron chi connectivity index (χ0n) is 17.4. The number of oxime groups is 1. The highest BCUT2D eigenvalue weighted by Gasteiger charge is 2.35. The Bertz CT molecular complexity index is 1110. The summed E-state index contributed by atoms with van der Waals surface area (Å²) in [6.07, 6.45) is 0.0220. The summed E-state index contributed by atoms with van der Waals surface area (Å²) < 4.78 is 95.5. The Balaban J connectivity index is 2.34. The Morgan fingerprint density at radius 1 is 1.00 bits per heavy atom.